The van der Waals surface area contributed by atoms with Gasteiger partial charge in [-0.05, 0) is 42.3 Å². The Labute approximate surface area is 159 Å². The number of methoxy groups -OCH3 is 2. The van der Waals surface area contributed by atoms with E-state index in [1.54, 1.807) is 26.4 Å². The maximum Gasteiger partial charge on any atom is 0.223 e. The number of piperazine rings is 1. The number of carbonyl (C=O) groups excluding carboxylic acids is 1. The Kier molecular flexibility index (Phi) is 6.06. The van der Waals surface area contributed by atoms with Crippen LogP contribution in [-0.2, 0) is 11.2 Å². The first-order valence-electron chi connectivity index (χ1n) is 9.14. The van der Waals surface area contributed by atoms with Gasteiger partial charge in [-0.3, -0.25) is 4.79 Å². The number of aryl methyl sites for hydroxylation is 1. The summed E-state index contributed by atoms with van der Waals surface area (Å²) < 4.78 is 10.8. The van der Waals surface area contributed by atoms with Crippen LogP contribution in [0.1, 0.15) is 12.0 Å². The first-order chi connectivity index (χ1) is 13.1. The van der Waals surface area contributed by atoms with Gasteiger partial charge in [0.05, 0.1) is 14.2 Å². The van der Waals surface area contributed by atoms with Crippen molar-refractivity contribution in [2.45, 2.75) is 12.8 Å². The number of hydrogen-bond acceptors (Lipinski definition) is 5. The molecule has 1 aliphatic heterocycles. The van der Waals surface area contributed by atoms with Crippen molar-refractivity contribution in [2.24, 2.45) is 0 Å². The Balaban J connectivity index is 1.54. The summed E-state index contributed by atoms with van der Waals surface area (Å²) in [4.78, 5) is 16.8. The molecule has 1 saturated heterocycles. The number of aromatic hydroxyl groups is 1. The minimum absolute atomic E-state index is 0.158. The molecule has 1 fully saturated rings. The summed E-state index contributed by atoms with van der Waals surface area (Å²) in [5.74, 6) is 1.81. The van der Waals surface area contributed by atoms with Gasteiger partial charge >= 0.3 is 0 Å². The zero-order valence-electron chi connectivity index (χ0n) is 15.9. The topological polar surface area (TPSA) is 62.2 Å². The minimum atomic E-state index is 0.158. The Morgan fingerprint density at radius 2 is 1.70 bits per heavy atom. The van der Waals surface area contributed by atoms with E-state index in [2.05, 4.69) is 4.90 Å². The maximum absolute atomic E-state index is 12.6. The number of para-hydroxylation sites is 1. The fraction of sp³-hybridized carbons (Fsp3) is 0.381. The van der Waals surface area contributed by atoms with E-state index in [0.717, 1.165) is 24.3 Å². The third kappa shape index (κ3) is 4.45. The molecule has 1 heterocycles. The highest BCUT2D eigenvalue weighted by Gasteiger charge is 2.21. The summed E-state index contributed by atoms with van der Waals surface area (Å²) in [6, 6.07) is 12.9. The second-order valence-electron chi connectivity index (χ2n) is 6.54. The molecular formula is C21H26N2O4. The molecule has 6 nitrogen and oxygen atoms in total. The lowest BCUT2D eigenvalue weighted by Gasteiger charge is -2.36. The molecular weight excluding hydrogens is 344 g/mol. The molecule has 0 bridgehead atoms. The van der Waals surface area contributed by atoms with E-state index in [1.807, 2.05) is 35.2 Å². The van der Waals surface area contributed by atoms with Crippen molar-refractivity contribution in [3.05, 3.63) is 48.0 Å². The highest BCUT2D eigenvalue weighted by atomic mass is 16.5. The van der Waals surface area contributed by atoms with Crippen molar-refractivity contribution in [1.82, 2.24) is 4.90 Å². The largest absolute Gasteiger partial charge is 0.508 e. The van der Waals surface area contributed by atoms with Gasteiger partial charge in [-0.2, -0.15) is 0 Å². The van der Waals surface area contributed by atoms with Crippen LogP contribution in [0.2, 0.25) is 0 Å². The Morgan fingerprint density at radius 1 is 1.00 bits per heavy atom. The summed E-state index contributed by atoms with van der Waals surface area (Å²) >= 11 is 0. The van der Waals surface area contributed by atoms with Crippen LogP contribution in [0.3, 0.4) is 0 Å². The predicted molar refractivity (Wildman–Crippen MR) is 105 cm³/mol. The Morgan fingerprint density at radius 3 is 2.33 bits per heavy atom. The number of anilines is 1. The summed E-state index contributed by atoms with van der Waals surface area (Å²) in [7, 11) is 3.23. The lowest BCUT2D eigenvalue weighted by atomic mass is 10.1. The third-order valence-electron chi connectivity index (χ3n) is 4.94. The number of rotatable bonds is 6. The molecule has 1 amide bonds. The Hall–Kier alpha value is -2.89. The second-order valence-corrected chi connectivity index (χ2v) is 6.54. The molecule has 0 radical (unpaired) electrons. The van der Waals surface area contributed by atoms with E-state index in [0.29, 0.717) is 37.4 Å². The molecule has 2 aromatic carbocycles. The molecule has 3 rings (SSSR count). The van der Waals surface area contributed by atoms with Gasteiger partial charge in [0.2, 0.25) is 5.91 Å². The average molecular weight is 370 g/mol. The summed E-state index contributed by atoms with van der Waals surface area (Å²) in [6.07, 6.45) is 1.07. The quantitative estimate of drug-likeness (QED) is 0.847. The molecule has 0 aliphatic carbocycles. The highest BCUT2D eigenvalue weighted by molar-refractivity contribution is 5.77. The third-order valence-corrected chi connectivity index (χ3v) is 4.94. The Bertz CT molecular complexity index is 768. The van der Waals surface area contributed by atoms with Gasteiger partial charge in [0.25, 0.3) is 0 Å². The number of phenolic OH excluding ortho intramolecular Hbond substituents is 1. The van der Waals surface area contributed by atoms with Crippen molar-refractivity contribution in [3.8, 4) is 17.2 Å². The lowest BCUT2D eigenvalue weighted by molar-refractivity contribution is -0.131. The first kappa shape index (κ1) is 18.9. The van der Waals surface area contributed by atoms with Gasteiger partial charge in [0, 0.05) is 38.3 Å². The number of benzene rings is 2. The second kappa shape index (κ2) is 8.66. The number of nitrogens with zero attached hydrogens (tertiary/aromatic N) is 2. The van der Waals surface area contributed by atoms with Crippen LogP contribution in [0.15, 0.2) is 42.5 Å². The van der Waals surface area contributed by atoms with Crippen LogP contribution in [0.5, 0.6) is 17.2 Å². The zero-order chi connectivity index (χ0) is 19.2. The molecule has 27 heavy (non-hydrogen) atoms. The van der Waals surface area contributed by atoms with Crippen LogP contribution in [0.4, 0.5) is 5.69 Å². The van der Waals surface area contributed by atoms with Crippen molar-refractivity contribution in [2.75, 3.05) is 45.3 Å². The van der Waals surface area contributed by atoms with Crippen LogP contribution in [0.25, 0.3) is 0 Å². The number of phenols is 1. The average Bonchev–Trinajstić information content (AvgIpc) is 2.72. The van der Waals surface area contributed by atoms with Gasteiger partial charge in [0.1, 0.15) is 5.75 Å². The van der Waals surface area contributed by atoms with Crippen molar-refractivity contribution < 1.29 is 19.4 Å². The maximum atomic E-state index is 12.6. The van der Waals surface area contributed by atoms with Gasteiger partial charge in [-0.15, -0.1) is 0 Å². The van der Waals surface area contributed by atoms with Crippen molar-refractivity contribution >= 4 is 11.6 Å². The lowest BCUT2D eigenvalue weighted by Crippen LogP contribution is -2.48. The van der Waals surface area contributed by atoms with Crippen molar-refractivity contribution in [1.29, 1.82) is 0 Å². The summed E-state index contributed by atoms with van der Waals surface area (Å²) in [6.45, 7) is 2.99. The molecule has 2 aromatic rings. The SMILES string of the molecule is COc1cccc(CCC(=O)N2CCN(c3ccc(O)cc3)CC2)c1OC. The fourth-order valence-electron chi connectivity index (χ4n) is 3.43. The molecule has 0 unspecified atom stereocenters. The van der Waals surface area contributed by atoms with E-state index in [4.69, 9.17) is 9.47 Å². The number of carbonyl (C=O) groups is 1. The number of amides is 1. The van der Waals surface area contributed by atoms with E-state index in [-0.39, 0.29) is 11.7 Å². The number of hydrogen-bond donors (Lipinski definition) is 1. The monoisotopic (exact) mass is 370 g/mol. The highest BCUT2D eigenvalue weighted by Crippen LogP contribution is 2.31. The van der Waals surface area contributed by atoms with E-state index in [9.17, 15) is 9.90 Å². The molecule has 0 saturated carbocycles. The summed E-state index contributed by atoms with van der Waals surface area (Å²) in [5.41, 5.74) is 2.05. The first-order valence-corrected chi connectivity index (χ1v) is 9.14. The van der Waals surface area contributed by atoms with E-state index in [1.165, 1.54) is 0 Å². The van der Waals surface area contributed by atoms with Crippen LogP contribution in [0, 0.1) is 0 Å². The minimum Gasteiger partial charge on any atom is -0.508 e. The van der Waals surface area contributed by atoms with Crippen molar-refractivity contribution in [3.63, 3.8) is 0 Å². The normalized spacial score (nSPS) is 14.1. The zero-order valence-corrected chi connectivity index (χ0v) is 15.9. The number of ether oxygens (including phenoxy) is 2. The predicted octanol–water partition coefficient (Wildman–Crippen LogP) is 2.69. The molecule has 0 atom stereocenters. The smallest absolute Gasteiger partial charge is 0.223 e. The van der Waals surface area contributed by atoms with Crippen LogP contribution >= 0.6 is 0 Å². The van der Waals surface area contributed by atoms with Gasteiger partial charge in [-0.1, -0.05) is 12.1 Å². The van der Waals surface area contributed by atoms with Crippen LogP contribution < -0.4 is 14.4 Å². The van der Waals surface area contributed by atoms with Gasteiger partial charge < -0.3 is 24.4 Å². The van der Waals surface area contributed by atoms with Gasteiger partial charge in [-0.25, -0.2) is 0 Å². The molecule has 1 aliphatic rings. The summed E-state index contributed by atoms with van der Waals surface area (Å²) in [5, 5.41) is 9.41. The molecule has 0 spiro atoms. The fourth-order valence-corrected chi connectivity index (χ4v) is 3.43. The van der Waals surface area contributed by atoms with Crippen LogP contribution in [-0.4, -0.2) is 56.3 Å². The molecule has 144 valence electrons. The molecule has 0 aromatic heterocycles. The van der Waals surface area contributed by atoms with Gasteiger partial charge in [0.15, 0.2) is 11.5 Å². The molecule has 6 heteroatoms. The standard InChI is InChI=1S/C21H26N2O4/c1-26-19-5-3-4-16(21(19)27-2)6-11-20(25)23-14-12-22(13-15-23)17-7-9-18(24)10-8-17/h3-5,7-10,24H,6,11-15H2,1-2H3. The molecule has 1 N–H and O–H groups in total. The van der Waals surface area contributed by atoms with E-state index >= 15 is 0 Å². The van der Waals surface area contributed by atoms with E-state index < -0.39 is 0 Å².